The third kappa shape index (κ3) is 24.1. The van der Waals surface area contributed by atoms with Crippen molar-refractivity contribution >= 4 is 5.97 Å². The van der Waals surface area contributed by atoms with Crippen LogP contribution in [0, 0.1) is 0 Å². The minimum atomic E-state index is -1.71. The molecule has 0 saturated carbocycles. The van der Waals surface area contributed by atoms with Gasteiger partial charge in [-0.2, -0.15) is 0 Å². The summed E-state index contributed by atoms with van der Waals surface area (Å²) in [5, 5.41) is 71.9. The van der Waals surface area contributed by atoms with E-state index in [9.17, 15) is 40.5 Å². The highest BCUT2D eigenvalue weighted by Crippen LogP contribution is 2.26. The lowest BCUT2D eigenvalue weighted by Gasteiger charge is -2.42. The van der Waals surface area contributed by atoms with Gasteiger partial charge >= 0.3 is 5.97 Å². The Morgan fingerprint density at radius 1 is 0.548 bits per heavy atom. The van der Waals surface area contributed by atoms with Gasteiger partial charge in [0.15, 0.2) is 12.6 Å². The molecular formula is C48H82O14. The average molecular weight is 883 g/mol. The van der Waals surface area contributed by atoms with E-state index in [4.69, 9.17) is 28.4 Å². The predicted octanol–water partition coefficient (Wildman–Crippen LogP) is 5.79. The Hall–Kier alpha value is -2.31. The quantitative estimate of drug-likeness (QED) is 0.0228. The number of hydrogen-bond acceptors (Lipinski definition) is 14. The Bertz CT molecular complexity index is 1250. The fraction of sp³-hybridized carbons (Fsp3) is 0.771. The summed E-state index contributed by atoms with van der Waals surface area (Å²) in [6, 6.07) is 0. The largest absolute Gasteiger partial charge is 0.457 e. The highest BCUT2D eigenvalue weighted by atomic mass is 16.7. The summed E-state index contributed by atoms with van der Waals surface area (Å²) >= 11 is 0. The van der Waals surface area contributed by atoms with Crippen LogP contribution in [0.1, 0.15) is 136 Å². The van der Waals surface area contributed by atoms with Crippen LogP contribution in [-0.2, 0) is 33.2 Å². The topological polar surface area (TPSA) is 214 Å². The number of aliphatic hydroxyl groups excluding tert-OH is 7. The van der Waals surface area contributed by atoms with Crippen LogP contribution in [0.2, 0.25) is 0 Å². The SMILES string of the molecule is CC/C=C\C/C=C\C/C=C\C/C=C\CCCCCOCC(COC1OC(COC2OC(CO)C(O)C(O)C2O)C(O)C(O)C1O)OC(=O)CCCCCCC/C=C\CCCCC. The van der Waals surface area contributed by atoms with Crippen LogP contribution in [0.5, 0.6) is 0 Å². The number of carbonyl (C=O) groups is 1. The molecule has 2 fully saturated rings. The van der Waals surface area contributed by atoms with Crippen LogP contribution in [-0.4, -0.2) is 142 Å². The summed E-state index contributed by atoms with van der Waals surface area (Å²) in [6.45, 7) is 3.42. The van der Waals surface area contributed by atoms with Gasteiger partial charge in [0, 0.05) is 13.0 Å². The van der Waals surface area contributed by atoms with Crippen molar-refractivity contribution in [3.63, 3.8) is 0 Å². The first-order valence-electron chi connectivity index (χ1n) is 23.4. The number of allylic oxidation sites excluding steroid dienone is 10. The summed E-state index contributed by atoms with van der Waals surface area (Å²) in [7, 11) is 0. The number of unbranched alkanes of at least 4 members (excludes halogenated alkanes) is 11. The van der Waals surface area contributed by atoms with Gasteiger partial charge in [-0.25, -0.2) is 0 Å². The van der Waals surface area contributed by atoms with Gasteiger partial charge in [-0.05, 0) is 77.0 Å². The standard InChI is InChI=1S/C48H82O14/c1-3-5-7-9-11-13-15-17-18-19-20-22-24-26-28-30-32-57-34-37(60-40(50)31-29-27-25-23-21-16-14-12-10-8-6-4-2)35-58-47-46(56)44(54)42(52)39(62-47)36-59-48-45(55)43(53)41(51)38(33-49)61-48/h5,7,11-14,17-18,20,22,37-39,41-49,51-56H,3-4,6,8-10,15-16,19,21,23-36H2,1-2H3/b7-5-,13-11-,14-12-,18-17-,22-20-. The third-order valence-corrected chi connectivity index (χ3v) is 10.8. The fourth-order valence-electron chi connectivity index (χ4n) is 6.92. The van der Waals surface area contributed by atoms with Crippen molar-refractivity contribution in [1.29, 1.82) is 0 Å². The van der Waals surface area contributed by atoms with Gasteiger partial charge in [-0.15, -0.1) is 0 Å². The molecule has 358 valence electrons. The maximum absolute atomic E-state index is 12.9. The molecule has 14 nitrogen and oxygen atoms in total. The highest BCUT2D eigenvalue weighted by molar-refractivity contribution is 5.69. The third-order valence-electron chi connectivity index (χ3n) is 10.8. The van der Waals surface area contributed by atoms with Crippen LogP contribution in [0.25, 0.3) is 0 Å². The zero-order valence-corrected chi connectivity index (χ0v) is 37.6. The lowest BCUT2D eigenvalue weighted by molar-refractivity contribution is -0.332. The molecule has 2 rings (SSSR count). The molecule has 2 heterocycles. The molecule has 11 unspecified atom stereocenters. The smallest absolute Gasteiger partial charge is 0.306 e. The van der Waals surface area contributed by atoms with Crippen molar-refractivity contribution in [1.82, 2.24) is 0 Å². The lowest BCUT2D eigenvalue weighted by atomic mass is 9.98. The van der Waals surface area contributed by atoms with E-state index in [-0.39, 0.29) is 19.6 Å². The van der Waals surface area contributed by atoms with E-state index in [0.29, 0.717) is 13.0 Å². The van der Waals surface area contributed by atoms with Crippen molar-refractivity contribution in [2.24, 2.45) is 0 Å². The lowest BCUT2D eigenvalue weighted by Crippen LogP contribution is -2.61. The van der Waals surface area contributed by atoms with Crippen molar-refractivity contribution in [3.05, 3.63) is 60.8 Å². The Kier molecular flexibility index (Phi) is 32.4. The second-order valence-corrected chi connectivity index (χ2v) is 16.2. The van der Waals surface area contributed by atoms with Crippen LogP contribution >= 0.6 is 0 Å². The van der Waals surface area contributed by atoms with E-state index in [0.717, 1.165) is 89.9 Å². The van der Waals surface area contributed by atoms with Gasteiger partial charge in [-0.3, -0.25) is 4.79 Å². The van der Waals surface area contributed by atoms with Gasteiger partial charge in [-0.1, -0.05) is 113 Å². The number of rotatable bonds is 35. The minimum Gasteiger partial charge on any atom is -0.457 e. The summed E-state index contributed by atoms with van der Waals surface area (Å²) in [4.78, 5) is 12.9. The molecule has 2 aliphatic heterocycles. The average Bonchev–Trinajstić information content (AvgIpc) is 3.27. The van der Waals surface area contributed by atoms with Crippen LogP contribution < -0.4 is 0 Å². The fourth-order valence-corrected chi connectivity index (χ4v) is 6.92. The molecule has 0 radical (unpaired) electrons. The van der Waals surface area contributed by atoms with Gasteiger partial charge in [0.25, 0.3) is 0 Å². The molecule has 11 atom stereocenters. The maximum atomic E-state index is 12.9. The van der Waals surface area contributed by atoms with E-state index < -0.39 is 86.7 Å². The first-order valence-corrected chi connectivity index (χ1v) is 23.4. The Morgan fingerprint density at radius 2 is 1.05 bits per heavy atom. The molecule has 0 amide bonds. The molecule has 0 aliphatic carbocycles. The molecular weight excluding hydrogens is 801 g/mol. The Labute approximate surface area is 371 Å². The molecule has 2 saturated heterocycles. The van der Waals surface area contributed by atoms with Crippen molar-refractivity contribution in [3.8, 4) is 0 Å². The molecule has 7 N–H and O–H groups in total. The summed E-state index contributed by atoms with van der Waals surface area (Å²) in [6.07, 6.45) is 24.3. The molecule has 62 heavy (non-hydrogen) atoms. The summed E-state index contributed by atoms with van der Waals surface area (Å²) in [5.74, 6) is -0.401. The second kappa shape index (κ2) is 36.0. The maximum Gasteiger partial charge on any atom is 0.306 e. The van der Waals surface area contributed by atoms with Crippen molar-refractivity contribution < 1.29 is 69.0 Å². The van der Waals surface area contributed by atoms with Gasteiger partial charge < -0.3 is 64.2 Å². The number of carbonyl (C=O) groups excluding carboxylic acids is 1. The molecule has 14 heteroatoms. The zero-order chi connectivity index (χ0) is 45.2. The van der Waals surface area contributed by atoms with Crippen molar-refractivity contribution in [2.75, 3.05) is 33.0 Å². The summed E-state index contributed by atoms with van der Waals surface area (Å²) in [5.41, 5.74) is 0. The highest BCUT2D eigenvalue weighted by Gasteiger charge is 2.47. The van der Waals surface area contributed by atoms with Crippen LogP contribution in [0.15, 0.2) is 60.8 Å². The van der Waals surface area contributed by atoms with E-state index in [2.05, 4.69) is 74.6 Å². The summed E-state index contributed by atoms with van der Waals surface area (Å²) < 4.78 is 34.1. The number of hydrogen-bond donors (Lipinski definition) is 7. The minimum absolute atomic E-state index is 0.0339. The second-order valence-electron chi connectivity index (χ2n) is 16.2. The molecule has 0 aromatic carbocycles. The first kappa shape index (κ1) is 55.8. The number of esters is 1. The van der Waals surface area contributed by atoms with E-state index in [1.807, 2.05) is 0 Å². The first-order chi connectivity index (χ1) is 30.1. The Morgan fingerprint density at radius 3 is 1.66 bits per heavy atom. The molecule has 0 aromatic heterocycles. The number of aliphatic hydroxyl groups is 7. The molecule has 0 bridgehead atoms. The van der Waals surface area contributed by atoms with Gasteiger partial charge in [0.2, 0.25) is 0 Å². The number of ether oxygens (including phenoxy) is 6. The van der Waals surface area contributed by atoms with Gasteiger partial charge in [0.1, 0.15) is 54.9 Å². The van der Waals surface area contributed by atoms with Crippen LogP contribution in [0.4, 0.5) is 0 Å². The van der Waals surface area contributed by atoms with Gasteiger partial charge in [0.05, 0.1) is 26.4 Å². The van der Waals surface area contributed by atoms with E-state index in [1.165, 1.54) is 19.3 Å². The zero-order valence-electron chi connectivity index (χ0n) is 37.6. The monoisotopic (exact) mass is 883 g/mol. The van der Waals surface area contributed by atoms with E-state index in [1.54, 1.807) is 0 Å². The van der Waals surface area contributed by atoms with Crippen LogP contribution in [0.3, 0.4) is 0 Å². The predicted molar refractivity (Wildman–Crippen MR) is 238 cm³/mol. The normalized spacial score (nSPS) is 27.8. The van der Waals surface area contributed by atoms with Crippen molar-refractivity contribution in [2.45, 2.75) is 203 Å². The molecule has 2 aliphatic rings. The molecule has 0 spiro atoms. The Balaban J connectivity index is 1.83. The van der Waals surface area contributed by atoms with E-state index >= 15 is 0 Å². The molecule has 0 aromatic rings.